The van der Waals surface area contributed by atoms with Crippen LogP contribution in [0.1, 0.15) is 17.0 Å². The van der Waals surface area contributed by atoms with Crippen LogP contribution in [0.2, 0.25) is 0 Å². The van der Waals surface area contributed by atoms with E-state index in [1.54, 1.807) is 31.2 Å². The number of amides is 2. The van der Waals surface area contributed by atoms with Crippen LogP contribution < -0.4 is 16.4 Å². The van der Waals surface area contributed by atoms with Gasteiger partial charge in [0.05, 0.1) is 18.6 Å². The summed E-state index contributed by atoms with van der Waals surface area (Å²) < 4.78 is 0. The summed E-state index contributed by atoms with van der Waals surface area (Å²) in [5.41, 5.74) is 7.45. The van der Waals surface area contributed by atoms with Gasteiger partial charge in [-0.25, -0.2) is 9.78 Å². The highest BCUT2D eigenvalue weighted by atomic mass is 16.4. The number of carboxylic acids is 1. The number of carbonyl (C=O) groups is 3. The molecule has 27 heavy (non-hydrogen) atoms. The molecule has 2 rings (SSSR count). The average Bonchev–Trinajstić information content (AvgIpc) is 3.05. The predicted molar refractivity (Wildman–Crippen MR) is 97.7 cm³/mol. The highest BCUT2D eigenvalue weighted by Crippen LogP contribution is 2.07. The topological polar surface area (TPSA) is 150 Å². The van der Waals surface area contributed by atoms with E-state index in [1.807, 2.05) is 6.07 Å². The van der Waals surface area contributed by atoms with E-state index >= 15 is 0 Å². The lowest BCUT2D eigenvalue weighted by Gasteiger charge is -2.21. The van der Waals surface area contributed by atoms with Crippen molar-refractivity contribution in [3.05, 3.63) is 53.6 Å². The Labute approximate surface area is 156 Å². The van der Waals surface area contributed by atoms with Gasteiger partial charge >= 0.3 is 5.97 Å². The lowest BCUT2D eigenvalue weighted by molar-refractivity contribution is -0.142. The van der Waals surface area contributed by atoms with Gasteiger partial charge in [0.1, 0.15) is 12.1 Å². The monoisotopic (exact) mass is 373 g/mol. The van der Waals surface area contributed by atoms with E-state index in [0.717, 1.165) is 11.3 Å². The molecule has 0 aliphatic rings. The fourth-order valence-corrected chi connectivity index (χ4v) is 2.57. The lowest BCUT2D eigenvalue weighted by atomic mass is 10.0. The van der Waals surface area contributed by atoms with E-state index in [1.165, 1.54) is 6.33 Å². The van der Waals surface area contributed by atoms with Crippen LogP contribution in [0.4, 0.5) is 0 Å². The van der Waals surface area contributed by atoms with Crippen molar-refractivity contribution in [1.29, 1.82) is 0 Å². The second-order valence-electron chi connectivity index (χ2n) is 6.09. The minimum Gasteiger partial charge on any atom is -0.480 e. The van der Waals surface area contributed by atoms with Gasteiger partial charge in [0.15, 0.2) is 0 Å². The zero-order chi connectivity index (χ0) is 19.8. The second-order valence-corrected chi connectivity index (χ2v) is 6.09. The number of nitrogens with two attached hydrogens (primary N) is 1. The van der Waals surface area contributed by atoms with Crippen LogP contribution in [0, 0.1) is 6.92 Å². The Morgan fingerprint density at radius 3 is 2.41 bits per heavy atom. The van der Waals surface area contributed by atoms with Crippen molar-refractivity contribution < 1.29 is 19.5 Å². The first-order chi connectivity index (χ1) is 12.9. The highest BCUT2D eigenvalue weighted by molar-refractivity contribution is 5.91. The molecule has 9 heteroatoms. The van der Waals surface area contributed by atoms with Crippen LogP contribution in [0.5, 0.6) is 0 Å². The average molecular weight is 373 g/mol. The van der Waals surface area contributed by atoms with E-state index in [9.17, 15) is 19.5 Å². The first-order valence-corrected chi connectivity index (χ1v) is 8.46. The van der Waals surface area contributed by atoms with E-state index in [4.69, 9.17) is 5.73 Å². The molecule has 0 bridgehead atoms. The normalized spacial score (nSPS) is 12.8. The predicted octanol–water partition coefficient (Wildman–Crippen LogP) is -0.484. The summed E-state index contributed by atoms with van der Waals surface area (Å²) in [5, 5.41) is 14.5. The molecule has 0 saturated heterocycles. The number of aromatic amines is 1. The molecule has 0 saturated carbocycles. The van der Waals surface area contributed by atoms with Crippen molar-refractivity contribution in [2.45, 2.75) is 31.8 Å². The zero-order valence-electron chi connectivity index (χ0n) is 14.9. The standard InChI is InChI=1S/C18H23N5O4/c1-11-13(21-10-20-11)8-14(22-16(24)9-19)17(25)23-15(18(26)27)7-12-5-3-2-4-6-12/h2-6,10,14-15H,7-9,19H2,1H3,(H,20,21)(H,22,24)(H,23,25)(H,26,27). The molecule has 0 aliphatic heterocycles. The Kier molecular flexibility index (Phi) is 7.07. The molecule has 144 valence electrons. The minimum absolute atomic E-state index is 0.116. The van der Waals surface area contributed by atoms with Gasteiger partial charge in [-0.1, -0.05) is 30.3 Å². The molecule has 9 nitrogen and oxygen atoms in total. The molecule has 2 atom stereocenters. The SMILES string of the molecule is Cc1[nH]cnc1CC(NC(=O)CN)C(=O)NC(Cc1ccccc1)C(=O)O. The molecule has 2 aromatic rings. The molecule has 2 amide bonds. The highest BCUT2D eigenvalue weighted by Gasteiger charge is 2.27. The number of H-pyrrole nitrogens is 1. The van der Waals surface area contributed by atoms with Gasteiger partial charge < -0.3 is 26.5 Å². The van der Waals surface area contributed by atoms with Crippen LogP contribution in [-0.2, 0) is 27.2 Å². The van der Waals surface area contributed by atoms with Gasteiger partial charge in [0.25, 0.3) is 0 Å². The number of carboxylic acid groups (broad SMARTS) is 1. The van der Waals surface area contributed by atoms with Crippen molar-refractivity contribution in [3.63, 3.8) is 0 Å². The van der Waals surface area contributed by atoms with E-state index < -0.39 is 29.9 Å². The molecule has 0 aliphatic carbocycles. The molecule has 0 fully saturated rings. The number of nitrogens with zero attached hydrogens (tertiary/aromatic N) is 1. The van der Waals surface area contributed by atoms with Crippen LogP contribution in [0.3, 0.4) is 0 Å². The third kappa shape index (κ3) is 5.93. The third-order valence-corrected chi connectivity index (χ3v) is 4.07. The van der Waals surface area contributed by atoms with Gasteiger partial charge in [-0.05, 0) is 12.5 Å². The summed E-state index contributed by atoms with van der Waals surface area (Å²) in [6, 6.07) is 6.85. The van der Waals surface area contributed by atoms with Crippen molar-refractivity contribution in [2.75, 3.05) is 6.54 Å². The maximum Gasteiger partial charge on any atom is 0.326 e. The molecular weight excluding hydrogens is 350 g/mol. The Morgan fingerprint density at radius 2 is 1.85 bits per heavy atom. The summed E-state index contributed by atoms with van der Waals surface area (Å²) in [6.45, 7) is 1.51. The van der Waals surface area contributed by atoms with E-state index in [2.05, 4.69) is 20.6 Å². The Hall–Kier alpha value is -3.20. The van der Waals surface area contributed by atoms with Crippen molar-refractivity contribution in [2.24, 2.45) is 5.73 Å². The Balaban J connectivity index is 2.12. The summed E-state index contributed by atoms with van der Waals surface area (Å²) >= 11 is 0. The molecular formula is C18H23N5O4. The number of aliphatic carboxylic acids is 1. The maximum atomic E-state index is 12.7. The molecule has 2 unspecified atom stereocenters. The van der Waals surface area contributed by atoms with Crippen LogP contribution in [0.15, 0.2) is 36.7 Å². The number of aromatic nitrogens is 2. The number of carbonyl (C=O) groups excluding carboxylic acids is 2. The Morgan fingerprint density at radius 1 is 1.15 bits per heavy atom. The smallest absolute Gasteiger partial charge is 0.326 e. The van der Waals surface area contributed by atoms with Crippen LogP contribution in [-0.4, -0.2) is 51.5 Å². The minimum atomic E-state index is -1.16. The molecule has 1 aromatic heterocycles. The fourth-order valence-electron chi connectivity index (χ4n) is 2.57. The number of nitrogens with one attached hydrogen (secondary N) is 3. The van der Waals surface area contributed by atoms with Crippen molar-refractivity contribution in [3.8, 4) is 0 Å². The van der Waals surface area contributed by atoms with E-state index in [0.29, 0.717) is 5.69 Å². The number of imidazole rings is 1. The number of hydrogen-bond donors (Lipinski definition) is 5. The molecule has 1 aromatic carbocycles. The van der Waals surface area contributed by atoms with Crippen molar-refractivity contribution in [1.82, 2.24) is 20.6 Å². The van der Waals surface area contributed by atoms with E-state index in [-0.39, 0.29) is 19.4 Å². The quantitative estimate of drug-likeness (QED) is 0.400. The molecule has 0 spiro atoms. The second kappa shape index (κ2) is 9.48. The maximum absolute atomic E-state index is 12.7. The van der Waals surface area contributed by atoms with Gasteiger partial charge in [-0.2, -0.15) is 0 Å². The first kappa shape index (κ1) is 20.1. The van der Waals surface area contributed by atoms with Crippen LogP contribution in [0.25, 0.3) is 0 Å². The summed E-state index contributed by atoms with van der Waals surface area (Å²) in [6.07, 6.45) is 1.73. The third-order valence-electron chi connectivity index (χ3n) is 4.07. The van der Waals surface area contributed by atoms with Gasteiger partial charge in [-0.15, -0.1) is 0 Å². The lowest BCUT2D eigenvalue weighted by Crippen LogP contribution is -2.54. The number of aryl methyl sites for hydroxylation is 1. The largest absolute Gasteiger partial charge is 0.480 e. The van der Waals surface area contributed by atoms with Crippen LogP contribution >= 0.6 is 0 Å². The molecule has 0 radical (unpaired) electrons. The molecule has 1 heterocycles. The van der Waals surface area contributed by atoms with Gasteiger partial charge in [0.2, 0.25) is 11.8 Å². The zero-order valence-corrected chi connectivity index (χ0v) is 14.9. The van der Waals surface area contributed by atoms with Gasteiger partial charge in [0, 0.05) is 18.5 Å². The Bertz CT molecular complexity index is 790. The number of hydrogen-bond acceptors (Lipinski definition) is 5. The number of rotatable bonds is 9. The summed E-state index contributed by atoms with van der Waals surface area (Å²) in [4.78, 5) is 42.9. The van der Waals surface area contributed by atoms with Crippen molar-refractivity contribution >= 4 is 17.8 Å². The summed E-state index contributed by atoms with van der Waals surface area (Å²) in [5.74, 6) is -2.28. The van der Waals surface area contributed by atoms with Gasteiger partial charge in [-0.3, -0.25) is 9.59 Å². The number of benzene rings is 1. The fraction of sp³-hybridized carbons (Fsp3) is 0.333. The molecule has 6 N–H and O–H groups in total. The summed E-state index contributed by atoms with van der Waals surface area (Å²) in [7, 11) is 0. The first-order valence-electron chi connectivity index (χ1n) is 8.46.